The zero-order chi connectivity index (χ0) is 16.3. The zero-order valence-electron chi connectivity index (χ0n) is 14.0. The highest BCUT2D eigenvalue weighted by molar-refractivity contribution is 7.15. The fourth-order valence-electron chi connectivity index (χ4n) is 3.29. The number of ether oxygens (including phenoxy) is 1. The molecule has 0 aliphatic carbocycles. The van der Waals surface area contributed by atoms with Gasteiger partial charge in [0, 0.05) is 19.7 Å². The molecule has 3 atom stereocenters. The van der Waals surface area contributed by atoms with E-state index >= 15 is 0 Å². The topological polar surface area (TPSA) is 73.3 Å². The van der Waals surface area contributed by atoms with Crippen molar-refractivity contribution in [2.45, 2.75) is 51.8 Å². The molecule has 3 rings (SSSR count). The summed E-state index contributed by atoms with van der Waals surface area (Å²) in [5.41, 5.74) is 0. The zero-order valence-corrected chi connectivity index (χ0v) is 14.8. The fraction of sp³-hybridized carbons (Fsp3) is 0.867. The average molecular weight is 341 g/mol. The summed E-state index contributed by atoms with van der Waals surface area (Å²) in [5, 5.41) is 26.6. The van der Waals surface area contributed by atoms with Crippen LogP contribution in [0.5, 0.6) is 0 Å². The summed E-state index contributed by atoms with van der Waals surface area (Å²) in [5.74, 6) is 0. The van der Waals surface area contributed by atoms with Gasteiger partial charge in [-0.1, -0.05) is 18.4 Å². The first-order valence-corrected chi connectivity index (χ1v) is 9.40. The van der Waals surface area contributed by atoms with E-state index in [1.54, 1.807) is 0 Å². The summed E-state index contributed by atoms with van der Waals surface area (Å²) in [4.78, 5) is 2.25. The number of hydroxylamine groups is 2. The van der Waals surface area contributed by atoms with Gasteiger partial charge in [-0.15, -0.1) is 5.10 Å². The molecule has 1 aromatic heterocycles. The Hall–Kier alpha value is -0.640. The molecule has 2 saturated heterocycles. The maximum absolute atomic E-state index is 13.5. The monoisotopic (exact) mass is 341 g/mol. The first-order valence-electron chi connectivity index (χ1n) is 8.58. The van der Waals surface area contributed by atoms with Crippen LogP contribution in [0.4, 0.5) is 5.13 Å². The van der Waals surface area contributed by atoms with Gasteiger partial charge < -0.3 is 9.94 Å². The number of aryl methyl sites for hydroxylation is 1. The van der Waals surface area contributed by atoms with E-state index < -0.39 is 4.65 Å². The fourth-order valence-corrected chi connectivity index (χ4v) is 4.06. The molecule has 1 N–H and O–H groups in total. The Balaban J connectivity index is 1.69. The van der Waals surface area contributed by atoms with E-state index in [0.717, 1.165) is 56.9 Å². The third-order valence-electron chi connectivity index (χ3n) is 4.62. The molecule has 2 aliphatic heterocycles. The molecule has 130 valence electrons. The summed E-state index contributed by atoms with van der Waals surface area (Å²) in [6, 6.07) is 0. The Morgan fingerprint density at radius 1 is 1.48 bits per heavy atom. The Bertz CT molecular complexity index is 508. The lowest BCUT2D eigenvalue weighted by molar-refractivity contribution is 0.103. The predicted octanol–water partition coefficient (Wildman–Crippen LogP) is 1.82. The van der Waals surface area contributed by atoms with Crippen molar-refractivity contribution in [2.24, 2.45) is 0 Å². The SMILES string of the molecule is CCCCN1CC(NCC2CCCO2)[N+]([O-])(c2nnc(C)s2)C1. The number of rotatable bonds is 7. The smallest absolute Gasteiger partial charge is 0.309 e. The van der Waals surface area contributed by atoms with Gasteiger partial charge >= 0.3 is 5.13 Å². The number of hydrogen-bond donors (Lipinski definition) is 1. The van der Waals surface area contributed by atoms with E-state index in [1.807, 2.05) is 6.92 Å². The molecular weight excluding hydrogens is 314 g/mol. The van der Waals surface area contributed by atoms with Gasteiger partial charge in [0.2, 0.25) is 0 Å². The molecule has 0 bridgehead atoms. The highest BCUT2D eigenvalue weighted by Gasteiger charge is 2.43. The summed E-state index contributed by atoms with van der Waals surface area (Å²) in [7, 11) is 0. The van der Waals surface area contributed by atoms with Crippen LogP contribution in [0.3, 0.4) is 0 Å². The molecule has 2 fully saturated rings. The summed E-state index contributed by atoms with van der Waals surface area (Å²) >= 11 is 1.41. The van der Waals surface area contributed by atoms with Crippen LogP contribution in [0.1, 0.15) is 37.6 Å². The van der Waals surface area contributed by atoms with Crippen molar-refractivity contribution in [3.05, 3.63) is 10.2 Å². The summed E-state index contributed by atoms with van der Waals surface area (Å²) < 4.78 is 5.24. The molecular formula is C15H27N5O2S. The molecule has 0 amide bonds. The van der Waals surface area contributed by atoms with E-state index in [1.165, 1.54) is 11.3 Å². The maximum atomic E-state index is 13.5. The number of aromatic nitrogens is 2. The van der Waals surface area contributed by atoms with E-state index in [0.29, 0.717) is 11.8 Å². The van der Waals surface area contributed by atoms with Crippen LogP contribution in [-0.4, -0.2) is 60.3 Å². The van der Waals surface area contributed by atoms with Gasteiger partial charge in [-0.2, -0.15) is 0 Å². The number of nitrogens with zero attached hydrogens (tertiary/aromatic N) is 4. The van der Waals surface area contributed by atoms with Crippen molar-refractivity contribution in [1.29, 1.82) is 0 Å². The van der Waals surface area contributed by atoms with Crippen molar-refractivity contribution in [2.75, 3.05) is 32.9 Å². The molecule has 0 radical (unpaired) electrons. The van der Waals surface area contributed by atoms with Crippen LogP contribution in [0, 0.1) is 12.1 Å². The minimum Gasteiger partial charge on any atom is -0.623 e. The number of quaternary nitrogens is 1. The maximum Gasteiger partial charge on any atom is 0.309 e. The third-order valence-corrected chi connectivity index (χ3v) is 5.57. The lowest BCUT2D eigenvalue weighted by Gasteiger charge is -2.40. The normalized spacial score (nSPS) is 32.0. The second-order valence-electron chi connectivity index (χ2n) is 6.53. The highest BCUT2D eigenvalue weighted by atomic mass is 32.1. The van der Waals surface area contributed by atoms with Crippen molar-refractivity contribution < 1.29 is 4.74 Å². The molecule has 0 spiro atoms. The van der Waals surface area contributed by atoms with Crippen LogP contribution in [0.25, 0.3) is 0 Å². The number of hydrogen-bond acceptors (Lipinski definition) is 7. The van der Waals surface area contributed by atoms with Crippen molar-refractivity contribution in [3.8, 4) is 0 Å². The van der Waals surface area contributed by atoms with Gasteiger partial charge in [-0.05, 0) is 37.5 Å². The van der Waals surface area contributed by atoms with Gasteiger partial charge in [0.1, 0.15) is 11.7 Å². The van der Waals surface area contributed by atoms with E-state index in [-0.39, 0.29) is 12.3 Å². The van der Waals surface area contributed by atoms with Gasteiger partial charge in [0.15, 0.2) is 6.17 Å². The molecule has 3 heterocycles. The molecule has 0 saturated carbocycles. The largest absolute Gasteiger partial charge is 0.623 e. The van der Waals surface area contributed by atoms with Crippen LogP contribution in [0.15, 0.2) is 0 Å². The third kappa shape index (κ3) is 3.89. The second kappa shape index (κ2) is 7.50. The minimum absolute atomic E-state index is 0.191. The Morgan fingerprint density at radius 2 is 2.35 bits per heavy atom. The first kappa shape index (κ1) is 17.2. The molecule has 8 heteroatoms. The van der Waals surface area contributed by atoms with Crippen molar-refractivity contribution in [3.63, 3.8) is 0 Å². The second-order valence-corrected chi connectivity index (χ2v) is 7.69. The quantitative estimate of drug-likeness (QED) is 0.602. The molecule has 3 unspecified atom stereocenters. The molecule has 2 aliphatic rings. The Morgan fingerprint density at radius 3 is 3.00 bits per heavy atom. The first-order chi connectivity index (χ1) is 11.1. The Labute approximate surface area is 141 Å². The molecule has 23 heavy (non-hydrogen) atoms. The van der Waals surface area contributed by atoms with E-state index in [2.05, 4.69) is 27.3 Å². The summed E-state index contributed by atoms with van der Waals surface area (Å²) in [6.07, 6.45) is 4.50. The van der Waals surface area contributed by atoms with Crippen LogP contribution in [0.2, 0.25) is 0 Å². The number of unbranched alkanes of at least 4 members (excludes halogenated alkanes) is 1. The van der Waals surface area contributed by atoms with Gasteiger partial charge in [0.05, 0.1) is 12.6 Å². The Kier molecular flexibility index (Phi) is 5.61. The van der Waals surface area contributed by atoms with Crippen molar-refractivity contribution in [1.82, 2.24) is 25.1 Å². The minimum atomic E-state index is -0.429. The molecule has 7 nitrogen and oxygen atoms in total. The van der Waals surface area contributed by atoms with Gasteiger partial charge in [-0.25, -0.2) is 4.90 Å². The van der Waals surface area contributed by atoms with Gasteiger partial charge in [0.25, 0.3) is 0 Å². The predicted molar refractivity (Wildman–Crippen MR) is 91.9 cm³/mol. The van der Waals surface area contributed by atoms with Crippen molar-refractivity contribution >= 4 is 16.5 Å². The molecule has 1 aromatic rings. The standard InChI is InChI=1S/C15H27N5O2S/c1-3-4-7-19-10-14(16-9-13-6-5-8-22-13)20(21,11-19)15-18-17-12(2)23-15/h13-14,16H,3-11H2,1-2H3. The lowest BCUT2D eigenvalue weighted by atomic mass is 10.2. The van der Waals surface area contributed by atoms with E-state index in [9.17, 15) is 5.21 Å². The lowest BCUT2D eigenvalue weighted by Crippen LogP contribution is -2.57. The van der Waals surface area contributed by atoms with Crippen LogP contribution >= 0.6 is 11.3 Å². The van der Waals surface area contributed by atoms with Crippen LogP contribution in [-0.2, 0) is 4.74 Å². The molecule has 0 aromatic carbocycles. The van der Waals surface area contributed by atoms with E-state index in [4.69, 9.17) is 4.74 Å². The number of nitrogens with one attached hydrogen (secondary N) is 1. The van der Waals surface area contributed by atoms with Gasteiger partial charge in [-0.3, -0.25) is 9.96 Å². The van der Waals surface area contributed by atoms with Crippen LogP contribution < -0.4 is 9.96 Å². The summed E-state index contributed by atoms with van der Waals surface area (Å²) in [6.45, 7) is 7.84. The highest BCUT2D eigenvalue weighted by Crippen LogP contribution is 2.32. The average Bonchev–Trinajstić information content (AvgIpc) is 3.24.